The standard InChI is InChI=1S/C15H18N2O4.C6H12O2/c1-2-21-15(20)14(19)16-11-6-8-12(9-7-11)17-10-4-3-5-13(17)18;1-3-5-6(7)8-4-2/h6-9H,2-5,10H2,1H3,(H,16,19);3-5H2,1-2H3. The molecule has 8 heteroatoms. The molecule has 1 N–H and O–H groups in total. The number of piperidine rings is 1. The first-order valence-electron chi connectivity index (χ1n) is 9.97. The molecule has 0 bridgehead atoms. The second-order valence-electron chi connectivity index (χ2n) is 6.28. The zero-order valence-corrected chi connectivity index (χ0v) is 17.4. The minimum atomic E-state index is -0.909. The zero-order valence-electron chi connectivity index (χ0n) is 17.4. The fourth-order valence-electron chi connectivity index (χ4n) is 2.62. The lowest BCUT2D eigenvalue weighted by Crippen LogP contribution is -2.35. The van der Waals surface area contributed by atoms with E-state index < -0.39 is 11.9 Å². The number of hydrogen-bond acceptors (Lipinski definition) is 6. The van der Waals surface area contributed by atoms with Crippen LogP contribution in [0.3, 0.4) is 0 Å². The van der Waals surface area contributed by atoms with Crippen LogP contribution in [0.15, 0.2) is 24.3 Å². The summed E-state index contributed by atoms with van der Waals surface area (Å²) in [6, 6.07) is 6.83. The van der Waals surface area contributed by atoms with Gasteiger partial charge in [0.15, 0.2) is 0 Å². The van der Waals surface area contributed by atoms with Crippen molar-refractivity contribution in [3.8, 4) is 0 Å². The van der Waals surface area contributed by atoms with Crippen LogP contribution in [-0.2, 0) is 28.7 Å². The molecule has 2 amide bonds. The second-order valence-corrected chi connectivity index (χ2v) is 6.28. The van der Waals surface area contributed by atoms with E-state index in [-0.39, 0.29) is 18.5 Å². The third-order valence-corrected chi connectivity index (χ3v) is 3.98. The number of carbonyl (C=O) groups is 4. The van der Waals surface area contributed by atoms with Gasteiger partial charge in [-0.2, -0.15) is 0 Å². The Bertz CT molecular complexity index is 679. The minimum absolute atomic E-state index is 0.0880. The summed E-state index contributed by atoms with van der Waals surface area (Å²) in [5, 5.41) is 2.45. The Morgan fingerprint density at radius 1 is 1.00 bits per heavy atom. The van der Waals surface area contributed by atoms with Crippen molar-refractivity contribution in [1.29, 1.82) is 0 Å². The molecule has 0 spiro atoms. The predicted octanol–water partition coefficient (Wildman–Crippen LogP) is 3.05. The molecule has 1 aliphatic heterocycles. The van der Waals surface area contributed by atoms with Crippen molar-refractivity contribution in [2.75, 3.05) is 30.0 Å². The minimum Gasteiger partial charge on any atom is -0.466 e. The molecule has 0 atom stereocenters. The fraction of sp³-hybridized carbons (Fsp3) is 0.524. The van der Waals surface area contributed by atoms with Gasteiger partial charge in [0.25, 0.3) is 0 Å². The van der Waals surface area contributed by atoms with Crippen molar-refractivity contribution in [1.82, 2.24) is 0 Å². The number of benzene rings is 1. The van der Waals surface area contributed by atoms with Gasteiger partial charge in [0, 0.05) is 30.8 Å². The van der Waals surface area contributed by atoms with Gasteiger partial charge in [-0.05, 0) is 57.4 Å². The second kappa shape index (κ2) is 13.3. The summed E-state index contributed by atoms with van der Waals surface area (Å²) in [6.45, 7) is 6.77. The molecular weight excluding hydrogens is 376 g/mol. The van der Waals surface area contributed by atoms with Gasteiger partial charge in [-0.15, -0.1) is 0 Å². The summed E-state index contributed by atoms with van der Waals surface area (Å²) in [5.41, 5.74) is 1.29. The van der Waals surface area contributed by atoms with Crippen LogP contribution in [0.4, 0.5) is 11.4 Å². The molecule has 29 heavy (non-hydrogen) atoms. The van der Waals surface area contributed by atoms with Gasteiger partial charge in [0.2, 0.25) is 5.91 Å². The highest BCUT2D eigenvalue weighted by Crippen LogP contribution is 2.22. The van der Waals surface area contributed by atoms with Gasteiger partial charge < -0.3 is 19.7 Å². The van der Waals surface area contributed by atoms with Crippen molar-refractivity contribution < 1.29 is 28.7 Å². The largest absolute Gasteiger partial charge is 0.466 e. The van der Waals surface area contributed by atoms with E-state index in [1.165, 1.54) is 0 Å². The number of amides is 2. The van der Waals surface area contributed by atoms with Gasteiger partial charge in [-0.3, -0.25) is 14.4 Å². The summed E-state index contributed by atoms with van der Waals surface area (Å²) >= 11 is 0. The van der Waals surface area contributed by atoms with Crippen LogP contribution in [-0.4, -0.2) is 43.5 Å². The van der Waals surface area contributed by atoms with E-state index >= 15 is 0 Å². The molecule has 0 radical (unpaired) electrons. The van der Waals surface area contributed by atoms with E-state index in [1.807, 2.05) is 13.8 Å². The van der Waals surface area contributed by atoms with Crippen LogP contribution in [0.25, 0.3) is 0 Å². The van der Waals surface area contributed by atoms with Gasteiger partial charge in [0.1, 0.15) is 0 Å². The molecule has 2 rings (SSSR count). The van der Waals surface area contributed by atoms with E-state index in [2.05, 4.69) is 14.8 Å². The van der Waals surface area contributed by atoms with E-state index in [1.54, 1.807) is 36.1 Å². The summed E-state index contributed by atoms with van der Waals surface area (Å²) in [5.74, 6) is -1.69. The lowest BCUT2D eigenvalue weighted by Gasteiger charge is -2.26. The maximum absolute atomic E-state index is 11.8. The highest BCUT2D eigenvalue weighted by atomic mass is 16.5. The Balaban J connectivity index is 0.000000447. The van der Waals surface area contributed by atoms with Gasteiger partial charge in [-0.25, -0.2) is 4.79 Å². The average molecular weight is 406 g/mol. The number of anilines is 2. The summed E-state index contributed by atoms with van der Waals surface area (Å²) in [6.07, 6.45) is 3.92. The van der Waals surface area contributed by atoms with Crippen LogP contribution in [0.2, 0.25) is 0 Å². The molecule has 1 heterocycles. The summed E-state index contributed by atoms with van der Waals surface area (Å²) in [7, 11) is 0. The maximum Gasteiger partial charge on any atom is 0.397 e. The smallest absolute Gasteiger partial charge is 0.397 e. The number of esters is 2. The molecule has 0 unspecified atom stereocenters. The predicted molar refractivity (Wildman–Crippen MR) is 109 cm³/mol. The normalized spacial score (nSPS) is 13.1. The highest BCUT2D eigenvalue weighted by Gasteiger charge is 2.20. The molecule has 0 saturated carbocycles. The van der Waals surface area contributed by atoms with Crippen LogP contribution in [0.1, 0.15) is 52.9 Å². The van der Waals surface area contributed by atoms with Crippen LogP contribution >= 0.6 is 0 Å². The van der Waals surface area contributed by atoms with Gasteiger partial charge in [0.05, 0.1) is 13.2 Å². The number of ether oxygens (including phenoxy) is 2. The van der Waals surface area contributed by atoms with Crippen molar-refractivity contribution in [2.24, 2.45) is 0 Å². The number of rotatable bonds is 6. The van der Waals surface area contributed by atoms with Crippen LogP contribution < -0.4 is 10.2 Å². The van der Waals surface area contributed by atoms with Crippen LogP contribution in [0.5, 0.6) is 0 Å². The molecule has 160 valence electrons. The first-order valence-corrected chi connectivity index (χ1v) is 9.97. The molecule has 1 aliphatic rings. The Kier molecular flexibility index (Phi) is 11.1. The van der Waals surface area contributed by atoms with Crippen molar-refractivity contribution >= 4 is 35.1 Å². The van der Waals surface area contributed by atoms with Crippen molar-refractivity contribution in [3.63, 3.8) is 0 Å². The lowest BCUT2D eigenvalue weighted by atomic mass is 10.1. The third-order valence-electron chi connectivity index (χ3n) is 3.98. The number of nitrogens with one attached hydrogen (secondary N) is 1. The monoisotopic (exact) mass is 406 g/mol. The average Bonchev–Trinajstić information content (AvgIpc) is 2.70. The Labute approximate surface area is 171 Å². The number of nitrogens with zero attached hydrogens (tertiary/aromatic N) is 1. The van der Waals surface area contributed by atoms with E-state index in [9.17, 15) is 19.2 Å². The van der Waals surface area contributed by atoms with E-state index in [4.69, 9.17) is 0 Å². The highest BCUT2D eigenvalue weighted by molar-refractivity contribution is 6.37. The molecule has 0 aliphatic carbocycles. The first-order chi connectivity index (χ1) is 13.9. The van der Waals surface area contributed by atoms with Gasteiger partial charge >= 0.3 is 17.8 Å². The maximum atomic E-state index is 11.8. The molecule has 8 nitrogen and oxygen atoms in total. The Morgan fingerprint density at radius 3 is 2.21 bits per heavy atom. The SMILES string of the molecule is CCCC(=O)OCC.CCOC(=O)C(=O)Nc1ccc(N2CCCCC2=O)cc1. The molecule has 1 saturated heterocycles. The van der Waals surface area contributed by atoms with E-state index in [0.29, 0.717) is 31.7 Å². The summed E-state index contributed by atoms with van der Waals surface area (Å²) < 4.78 is 9.25. The lowest BCUT2D eigenvalue weighted by molar-refractivity contribution is -0.152. The quantitative estimate of drug-likeness (QED) is 0.575. The molecule has 1 fully saturated rings. The summed E-state index contributed by atoms with van der Waals surface area (Å²) in [4.78, 5) is 46.7. The number of hydrogen-bond donors (Lipinski definition) is 1. The van der Waals surface area contributed by atoms with Gasteiger partial charge in [-0.1, -0.05) is 6.92 Å². The fourth-order valence-corrected chi connectivity index (χ4v) is 2.62. The van der Waals surface area contributed by atoms with Crippen molar-refractivity contribution in [2.45, 2.75) is 52.9 Å². The Morgan fingerprint density at radius 2 is 1.66 bits per heavy atom. The molecule has 1 aromatic rings. The molecule has 0 aromatic heterocycles. The van der Waals surface area contributed by atoms with Crippen LogP contribution in [0, 0.1) is 0 Å². The van der Waals surface area contributed by atoms with E-state index in [0.717, 1.165) is 24.9 Å². The molecule has 1 aromatic carbocycles. The zero-order chi connectivity index (χ0) is 21.6. The topological polar surface area (TPSA) is 102 Å². The number of carbonyl (C=O) groups excluding carboxylic acids is 4. The third kappa shape index (κ3) is 8.76. The first kappa shape index (κ1) is 24.1. The molecular formula is C21H30N2O6. The Hall–Kier alpha value is -2.90. The van der Waals surface area contributed by atoms with Crippen molar-refractivity contribution in [3.05, 3.63) is 24.3 Å².